The van der Waals surface area contributed by atoms with Crippen molar-refractivity contribution >= 4 is 17.4 Å². The molecule has 1 saturated heterocycles. The van der Waals surface area contributed by atoms with Crippen LogP contribution in [-0.4, -0.2) is 18.2 Å². The molecule has 1 amide bonds. The van der Waals surface area contributed by atoms with E-state index in [9.17, 15) is 14.0 Å². The summed E-state index contributed by atoms with van der Waals surface area (Å²) in [6.07, 6.45) is 2.04. The summed E-state index contributed by atoms with van der Waals surface area (Å²) in [7, 11) is 0. The van der Waals surface area contributed by atoms with Crippen molar-refractivity contribution < 1.29 is 14.0 Å². The van der Waals surface area contributed by atoms with Crippen molar-refractivity contribution in [3.63, 3.8) is 0 Å². The van der Waals surface area contributed by atoms with E-state index in [0.717, 1.165) is 12.0 Å². The SMILES string of the molecule is CC(C)(C)CC(=O)[C@]1(Cc2ccccc2)CCCN(c2ccc(F)cc2)C1=O. The third kappa shape index (κ3) is 4.32. The number of amides is 1. The summed E-state index contributed by atoms with van der Waals surface area (Å²) in [6.45, 7) is 6.61. The van der Waals surface area contributed by atoms with Gasteiger partial charge in [-0.3, -0.25) is 9.59 Å². The Morgan fingerprint density at radius 1 is 1.07 bits per heavy atom. The molecule has 3 nitrogen and oxygen atoms in total. The van der Waals surface area contributed by atoms with E-state index in [0.29, 0.717) is 31.5 Å². The van der Waals surface area contributed by atoms with E-state index >= 15 is 0 Å². The van der Waals surface area contributed by atoms with Gasteiger partial charge in [-0.25, -0.2) is 4.39 Å². The first-order chi connectivity index (χ1) is 13.2. The summed E-state index contributed by atoms with van der Waals surface area (Å²) in [4.78, 5) is 28.8. The number of piperidine rings is 1. The lowest BCUT2D eigenvalue weighted by molar-refractivity contribution is -0.143. The molecule has 0 spiro atoms. The summed E-state index contributed by atoms with van der Waals surface area (Å²) in [5.74, 6) is -0.503. The van der Waals surface area contributed by atoms with Gasteiger partial charge < -0.3 is 4.90 Å². The molecule has 148 valence electrons. The predicted molar refractivity (Wildman–Crippen MR) is 110 cm³/mol. The Morgan fingerprint density at radius 3 is 2.32 bits per heavy atom. The van der Waals surface area contributed by atoms with E-state index < -0.39 is 5.41 Å². The molecule has 1 aliphatic heterocycles. The van der Waals surface area contributed by atoms with Crippen LogP contribution in [0.5, 0.6) is 0 Å². The topological polar surface area (TPSA) is 37.4 Å². The zero-order chi connectivity index (χ0) is 20.4. The summed E-state index contributed by atoms with van der Waals surface area (Å²) in [6, 6.07) is 15.7. The molecule has 1 atom stereocenters. The number of benzene rings is 2. The maximum atomic E-state index is 13.7. The molecule has 0 unspecified atom stereocenters. The van der Waals surface area contributed by atoms with E-state index in [-0.39, 0.29) is 22.9 Å². The smallest absolute Gasteiger partial charge is 0.241 e. The normalized spacial score (nSPS) is 20.3. The Balaban J connectivity index is 2.00. The number of halogens is 1. The lowest BCUT2D eigenvalue weighted by Gasteiger charge is -2.42. The van der Waals surface area contributed by atoms with Gasteiger partial charge in [0.25, 0.3) is 0 Å². The number of Topliss-reactive ketones (excluding diaryl/α,β-unsaturated/α-hetero) is 1. The van der Waals surface area contributed by atoms with Gasteiger partial charge in [-0.1, -0.05) is 51.1 Å². The molecule has 3 rings (SSSR count). The second-order valence-corrected chi connectivity index (χ2v) is 8.94. The number of hydrogen-bond acceptors (Lipinski definition) is 2. The fourth-order valence-electron chi connectivity index (χ4n) is 3.99. The molecule has 1 fully saturated rings. The number of anilines is 1. The summed E-state index contributed by atoms with van der Waals surface area (Å²) in [5.41, 5.74) is 0.367. The zero-order valence-electron chi connectivity index (χ0n) is 16.9. The maximum absolute atomic E-state index is 13.7. The summed E-state index contributed by atoms with van der Waals surface area (Å²) < 4.78 is 13.3. The lowest BCUT2D eigenvalue weighted by Crippen LogP contribution is -2.54. The first-order valence-electron chi connectivity index (χ1n) is 9.86. The van der Waals surface area contributed by atoms with E-state index in [1.165, 1.54) is 12.1 Å². The molecule has 4 heteroatoms. The largest absolute Gasteiger partial charge is 0.312 e. The standard InChI is InChI=1S/C24H28FNO2/c1-23(2,3)17-21(27)24(16-18-8-5-4-6-9-18)14-7-15-26(22(24)28)20-12-10-19(25)11-13-20/h4-6,8-13H,7,14-17H2,1-3H3/t24-/m1/s1. The van der Waals surface area contributed by atoms with Crippen molar-refractivity contribution in [2.75, 3.05) is 11.4 Å². The molecule has 0 bridgehead atoms. The average Bonchev–Trinajstić information content (AvgIpc) is 2.64. The third-order valence-corrected chi connectivity index (χ3v) is 5.35. The minimum atomic E-state index is -1.07. The molecule has 0 aromatic heterocycles. The first kappa shape index (κ1) is 20.2. The van der Waals surface area contributed by atoms with Crippen LogP contribution in [0.3, 0.4) is 0 Å². The van der Waals surface area contributed by atoms with Crippen LogP contribution in [0.15, 0.2) is 54.6 Å². The Hall–Kier alpha value is -2.49. The van der Waals surface area contributed by atoms with Gasteiger partial charge >= 0.3 is 0 Å². The molecule has 0 radical (unpaired) electrons. The van der Waals surface area contributed by atoms with Crippen LogP contribution in [0.25, 0.3) is 0 Å². The Kier molecular flexibility index (Phi) is 5.69. The molecule has 2 aromatic rings. The van der Waals surface area contributed by atoms with Crippen molar-refractivity contribution in [1.29, 1.82) is 0 Å². The molecule has 28 heavy (non-hydrogen) atoms. The van der Waals surface area contributed by atoms with Gasteiger partial charge in [0, 0.05) is 18.7 Å². The van der Waals surface area contributed by atoms with E-state index in [1.807, 2.05) is 51.1 Å². The number of ketones is 1. The number of carbonyl (C=O) groups is 2. The van der Waals surface area contributed by atoms with Crippen molar-refractivity contribution in [3.8, 4) is 0 Å². The quantitative estimate of drug-likeness (QED) is 0.669. The minimum Gasteiger partial charge on any atom is -0.312 e. The summed E-state index contributed by atoms with van der Waals surface area (Å²) in [5, 5.41) is 0. The second-order valence-electron chi connectivity index (χ2n) is 8.94. The van der Waals surface area contributed by atoms with Gasteiger partial charge in [-0.15, -0.1) is 0 Å². The predicted octanol–water partition coefficient (Wildman–Crippen LogP) is 5.19. The number of nitrogens with zero attached hydrogens (tertiary/aromatic N) is 1. The van der Waals surface area contributed by atoms with E-state index in [4.69, 9.17) is 0 Å². The highest BCUT2D eigenvalue weighted by Gasteiger charge is 2.50. The van der Waals surface area contributed by atoms with E-state index in [1.54, 1.807) is 17.0 Å². The molecule has 1 aliphatic rings. The Bertz CT molecular complexity index is 839. The van der Waals surface area contributed by atoms with Crippen LogP contribution < -0.4 is 4.90 Å². The van der Waals surface area contributed by atoms with Crippen LogP contribution in [0, 0.1) is 16.6 Å². The highest BCUT2D eigenvalue weighted by Crippen LogP contribution is 2.40. The van der Waals surface area contributed by atoms with Crippen LogP contribution in [-0.2, 0) is 16.0 Å². The van der Waals surface area contributed by atoms with Crippen molar-refractivity contribution in [2.45, 2.75) is 46.5 Å². The van der Waals surface area contributed by atoms with E-state index in [2.05, 4.69) is 0 Å². The highest BCUT2D eigenvalue weighted by molar-refractivity contribution is 6.13. The Morgan fingerprint density at radius 2 is 1.71 bits per heavy atom. The van der Waals surface area contributed by atoms with Crippen molar-refractivity contribution in [1.82, 2.24) is 0 Å². The van der Waals surface area contributed by atoms with Gasteiger partial charge in [-0.2, -0.15) is 0 Å². The molecular formula is C24H28FNO2. The first-order valence-corrected chi connectivity index (χ1v) is 9.86. The highest BCUT2D eigenvalue weighted by atomic mass is 19.1. The molecule has 2 aromatic carbocycles. The monoisotopic (exact) mass is 381 g/mol. The molecule has 0 saturated carbocycles. The van der Waals surface area contributed by atoms with Crippen LogP contribution in [0.2, 0.25) is 0 Å². The van der Waals surface area contributed by atoms with Crippen LogP contribution in [0.1, 0.15) is 45.6 Å². The maximum Gasteiger partial charge on any atom is 0.241 e. The van der Waals surface area contributed by atoms with Gasteiger partial charge in [0.1, 0.15) is 17.0 Å². The zero-order valence-corrected chi connectivity index (χ0v) is 16.9. The second kappa shape index (κ2) is 7.86. The molecule has 1 heterocycles. The third-order valence-electron chi connectivity index (χ3n) is 5.35. The molecule has 0 N–H and O–H groups in total. The van der Waals surface area contributed by atoms with Crippen LogP contribution >= 0.6 is 0 Å². The molecule has 0 aliphatic carbocycles. The van der Waals surface area contributed by atoms with Gasteiger partial charge in [0.2, 0.25) is 5.91 Å². The van der Waals surface area contributed by atoms with Crippen LogP contribution in [0.4, 0.5) is 10.1 Å². The molecular weight excluding hydrogens is 353 g/mol. The van der Waals surface area contributed by atoms with Gasteiger partial charge in [-0.05, 0) is 54.5 Å². The minimum absolute atomic E-state index is 0.000615. The average molecular weight is 381 g/mol. The Labute approximate surface area is 166 Å². The van der Waals surface area contributed by atoms with Gasteiger partial charge in [0.15, 0.2) is 0 Å². The van der Waals surface area contributed by atoms with Gasteiger partial charge in [0.05, 0.1) is 0 Å². The fourth-order valence-corrected chi connectivity index (χ4v) is 3.99. The lowest BCUT2D eigenvalue weighted by atomic mass is 9.67. The fraction of sp³-hybridized carbons (Fsp3) is 0.417. The number of rotatable bonds is 5. The van der Waals surface area contributed by atoms with Crippen molar-refractivity contribution in [2.24, 2.45) is 10.8 Å². The summed E-state index contributed by atoms with van der Waals surface area (Å²) >= 11 is 0. The van der Waals surface area contributed by atoms with Crippen molar-refractivity contribution in [3.05, 3.63) is 66.0 Å². The number of carbonyl (C=O) groups excluding carboxylic acids is 2. The number of hydrogen-bond donors (Lipinski definition) is 0.